The number of carbonyl (C=O) groups is 2. The lowest BCUT2D eigenvalue weighted by Crippen LogP contribution is -2.36. The lowest BCUT2D eigenvalue weighted by atomic mass is 9.97. The zero-order valence-electron chi connectivity index (χ0n) is 20.7. The lowest BCUT2D eigenvalue weighted by Gasteiger charge is -2.25. The highest BCUT2D eigenvalue weighted by Crippen LogP contribution is 2.40. The predicted molar refractivity (Wildman–Crippen MR) is 150 cm³/mol. The van der Waals surface area contributed by atoms with E-state index in [0.717, 1.165) is 21.3 Å². The van der Waals surface area contributed by atoms with Crippen LogP contribution in [0.3, 0.4) is 0 Å². The largest absolute Gasteiger partial charge is 0.457 e. The van der Waals surface area contributed by atoms with Crippen molar-refractivity contribution in [3.8, 4) is 11.5 Å². The zero-order valence-corrected chi connectivity index (χ0v) is 23.8. The molecule has 1 aliphatic rings. The number of ether oxygens (including phenoxy) is 2. The van der Waals surface area contributed by atoms with Crippen molar-refractivity contribution < 1.29 is 19.1 Å². The van der Waals surface area contributed by atoms with Crippen molar-refractivity contribution in [3.05, 3.63) is 86.3 Å². The number of hydrogen-bond donors (Lipinski definition) is 1. The maximum atomic E-state index is 12.8. The molecular weight excluding hydrogens is 579 g/mol. The van der Waals surface area contributed by atoms with Crippen LogP contribution in [0.2, 0.25) is 10.0 Å². The van der Waals surface area contributed by atoms with Crippen LogP contribution < -0.4 is 15.0 Å². The van der Waals surface area contributed by atoms with Crippen molar-refractivity contribution in [1.29, 1.82) is 0 Å². The van der Waals surface area contributed by atoms with Crippen molar-refractivity contribution in [2.75, 3.05) is 11.4 Å². The van der Waals surface area contributed by atoms with Crippen molar-refractivity contribution >= 4 is 56.8 Å². The van der Waals surface area contributed by atoms with Gasteiger partial charge in [0.15, 0.2) is 0 Å². The molecule has 1 heterocycles. The van der Waals surface area contributed by atoms with Crippen LogP contribution in [0.15, 0.2) is 65.1 Å². The van der Waals surface area contributed by atoms with Crippen LogP contribution in [0.25, 0.3) is 0 Å². The molecule has 9 heteroatoms. The van der Waals surface area contributed by atoms with E-state index in [1.54, 1.807) is 23.1 Å². The van der Waals surface area contributed by atoms with Gasteiger partial charge in [0.25, 0.3) is 0 Å². The molecule has 0 spiro atoms. The third-order valence-corrected chi connectivity index (χ3v) is 6.58. The molecule has 0 saturated heterocycles. The van der Waals surface area contributed by atoms with Crippen molar-refractivity contribution in [2.45, 2.75) is 45.3 Å². The van der Waals surface area contributed by atoms with E-state index in [4.69, 9.17) is 32.7 Å². The molecule has 6 nitrogen and oxygen atoms in total. The molecule has 1 N–H and O–H groups in total. The number of halogens is 3. The Balaban J connectivity index is 1.35. The maximum absolute atomic E-state index is 12.8. The summed E-state index contributed by atoms with van der Waals surface area (Å²) >= 11 is 15.6. The number of rotatable bonds is 6. The van der Waals surface area contributed by atoms with Crippen LogP contribution in [-0.2, 0) is 16.1 Å². The Hall–Kier alpha value is -2.74. The molecule has 1 aliphatic heterocycles. The van der Waals surface area contributed by atoms with Gasteiger partial charge in [0.1, 0.15) is 17.1 Å². The van der Waals surface area contributed by atoms with Crippen LogP contribution in [0, 0.1) is 0 Å². The fraction of sp³-hybridized carbons (Fsp3) is 0.286. The number of nitrogens with one attached hydrogen (secondary N) is 1. The second kappa shape index (κ2) is 11.3. The summed E-state index contributed by atoms with van der Waals surface area (Å²) in [5, 5.41) is 3.96. The first-order valence-corrected chi connectivity index (χ1v) is 13.3. The van der Waals surface area contributed by atoms with Gasteiger partial charge in [0.05, 0.1) is 5.69 Å². The normalized spacial score (nSPS) is 14.8. The van der Waals surface area contributed by atoms with Crippen LogP contribution >= 0.6 is 39.1 Å². The zero-order chi connectivity index (χ0) is 26.7. The second-order valence-corrected chi connectivity index (χ2v) is 11.6. The molecule has 37 heavy (non-hydrogen) atoms. The second-order valence-electron chi connectivity index (χ2n) is 9.82. The van der Waals surface area contributed by atoms with Crippen LogP contribution in [-0.4, -0.2) is 24.1 Å². The van der Waals surface area contributed by atoms with Crippen molar-refractivity contribution in [1.82, 2.24) is 5.32 Å². The van der Waals surface area contributed by atoms with Gasteiger partial charge in [-0.2, -0.15) is 0 Å². The predicted octanol–water partition coefficient (Wildman–Crippen LogP) is 8.09. The number of hydrogen-bond acceptors (Lipinski definition) is 4. The molecule has 194 valence electrons. The van der Waals surface area contributed by atoms with Gasteiger partial charge in [0.2, 0.25) is 5.91 Å². The van der Waals surface area contributed by atoms with E-state index < -0.39 is 11.7 Å². The summed E-state index contributed by atoms with van der Waals surface area (Å²) in [6, 6.07) is 18.1. The Labute approximate surface area is 235 Å². The summed E-state index contributed by atoms with van der Waals surface area (Å²) in [6.07, 6.45) is -0.166. The van der Waals surface area contributed by atoms with Gasteiger partial charge >= 0.3 is 6.09 Å². The third-order valence-electron chi connectivity index (χ3n) is 5.65. The highest BCUT2D eigenvalue weighted by atomic mass is 79.9. The first kappa shape index (κ1) is 27.3. The van der Waals surface area contributed by atoms with E-state index in [0.29, 0.717) is 34.6 Å². The number of nitrogens with zero attached hydrogens (tertiary/aromatic N) is 1. The molecule has 1 atom stereocenters. The minimum atomic E-state index is -0.607. The number of benzene rings is 3. The SMILES string of the molecule is CC(C)(C)OC(=O)N1CC(CC(=O)NCc2ccc(Oc3cc(Cl)cc(Cl)c3)cc2)c2cc(Br)ccc21. The molecule has 3 aromatic rings. The fourth-order valence-corrected chi connectivity index (χ4v) is 4.96. The first-order chi connectivity index (χ1) is 17.5. The van der Waals surface area contributed by atoms with Gasteiger partial charge in [-0.05, 0) is 80.4 Å². The minimum Gasteiger partial charge on any atom is -0.457 e. The highest BCUT2D eigenvalue weighted by molar-refractivity contribution is 9.10. The van der Waals surface area contributed by atoms with Gasteiger partial charge in [-0.25, -0.2) is 4.79 Å². The molecule has 0 saturated carbocycles. The Kier molecular flexibility index (Phi) is 8.36. The Morgan fingerprint density at radius 2 is 1.68 bits per heavy atom. The number of fused-ring (bicyclic) bond motifs is 1. The van der Waals surface area contributed by atoms with Gasteiger partial charge in [-0.1, -0.05) is 51.3 Å². The number of anilines is 1. The van der Waals surface area contributed by atoms with Gasteiger partial charge in [-0.15, -0.1) is 0 Å². The number of amides is 2. The average Bonchev–Trinajstić information content (AvgIpc) is 3.14. The third kappa shape index (κ3) is 7.40. The van der Waals surface area contributed by atoms with Gasteiger partial charge in [0, 0.05) is 39.9 Å². The van der Waals surface area contributed by atoms with E-state index in [2.05, 4.69) is 21.2 Å². The van der Waals surface area contributed by atoms with Crippen LogP contribution in [0.1, 0.15) is 44.2 Å². The Morgan fingerprint density at radius 1 is 1.00 bits per heavy atom. The Bertz CT molecular complexity index is 1290. The van der Waals surface area contributed by atoms with Crippen LogP contribution in [0.5, 0.6) is 11.5 Å². The summed E-state index contributed by atoms with van der Waals surface area (Å²) in [5.74, 6) is 0.933. The summed E-state index contributed by atoms with van der Waals surface area (Å²) in [4.78, 5) is 27.2. The van der Waals surface area contributed by atoms with E-state index in [-0.39, 0.29) is 18.2 Å². The first-order valence-electron chi connectivity index (χ1n) is 11.8. The molecular formula is C28H27BrCl2N2O4. The molecule has 4 rings (SSSR count). The van der Waals surface area contributed by atoms with E-state index >= 15 is 0 Å². The molecule has 0 aliphatic carbocycles. The summed E-state index contributed by atoms with van der Waals surface area (Å²) in [6.45, 7) is 6.25. The fourth-order valence-electron chi connectivity index (χ4n) is 4.08. The summed E-state index contributed by atoms with van der Waals surface area (Å²) in [5.41, 5.74) is 2.03. The maximum Gasteiger partial charge on any atom is 0.414 e. The molecule has 2 amide bonds. The smallest absolute Gasteiger partial charge is 0.414 e. The summed E-state index contributed by atoms with van der Waals surface area (Å²) in [7, 11) is 0. The molecule has 1 unspecified atom stereocenters. The topological polar surface area (TPSA) is 67.9 Å². The van der Waals surface area contributed by atoms with E-state index in [9.17, 15) is 9.59 Å². The minimum absolute atomic E-state index is 0.101. The lowest BCUT2D eigenvalue weighted by molar-refractivity contribution is -0.121. The average molecular weight is 606 g/mol. The standard InChI is InChI=1S/C28H27BrCl2N2O4/c1-28(2,3)37-27(35)33-16-18(24-11-19(29)6-9-25(24)33)10-26(34)32-15-17-4-7-22(8-5-17)36-23-13-20(30)12-21(31)14-23/h4-9,11-14,18H,10,15-16H2,1-3H3,(H,32,34). The molecule has 0 aromatic heterocycles. The van der Waals surface area contributed by atoms with Gasteiger partial charge < -0.3 is 14.8 Å². The highest BCUT2D eigenvalue weighted by Gasteiger charge is 2.36. The molecule has 0 bridgehead atoms. The molecule has 0 radical (unpaired) electrons. The number of carbonyl (C=O) groups excluding carboxylic acids is 2. The summed E-state index contributed by atoms with van der Waals surface area (Å²) < 4.78 is 12.3. The monoisotopic (exact) mass is 604 g/mol. The molecule has 0 fully saturated rings. The Morgan fingerprint density at radius 3 is 2.32 bits per heavy atom. The molecule has 3 aromatic carbocycles. The van der Waals surface area contributed by atoms with Gasteiger partial charge in [-0.3, -0.25) is 9.69 Å². The van der Waals surface area contributed by atoms with Crippen molar-refractivity contribution in [3.63, 3.8) is 0 Å². The van der Waals surface area contributed by atoms with E-state index in [1.165, 1.54) is 0 Å². The quantitative estimate of drug-likeness (QED) is 0.308. The van der Waals surface area contributed by atoms with Crippen LogP contribution in [0.4, 0.5) is 10.5 Å². The van der Waals surface area contributed by atoms with E-state index in [1.807, 2.05) is 63.2 Å². The van der Waals surface area contributed by atoms with Crippen molar-refractivity contribution in [2.24, 2.45) is 0 Å².